The van der Waals surface area contributed by atoms with Gasteiger partial charge in [-0.1, -0.05) is 29.4 Å². The van der Waals surface area contributed by atoms with Crippen LogP contribution in [0, 0.1) is 0 Å². The molecule has 4 rings (SSSR count). The van der Waals surface area contributed by atoms with Gasteiger partial charge in [-0.2, -0.15) is 4.98 Å². The van der Waals surface area contributed by atoms with Gasteiger partial charge in [0.1, 0.15) is 17.0 Å². The van der Waals surface area contributed by atoms with Crippen LogP contribution in [0.15, 0.2) is 58.2 Å². The summed E-state index contributed by atoms with van der Waals surface area (Å²) in [5, 5.41) is 10.9. The van der Waals surface area contributed by atoms with E-state index in [1.54, 1.807) is 13.2 Å². The molecule has 1 aromatic carbocycles. The van der Waals surface area contributed by atoms with Crippen molar-refractivity contribution >= 4 is 29.9 Å². The molecule has 2 aromatic heterocycles. The van der Waals surface area contributed by atoms with Gasteiger partial charge in [0.2, 0.25) is 0 Å². The molecule has 0 amide bonds. The van der Waals surface area contributed by atoms with Crippen LogP contribution in [0.1, 0.15) is 37.7 Å². The summed E-state index contributed by atoms with van der Waals surface area (Å²) in [7, 11) is 1.76. The fourth-order valence-corrected chi connectivity index (χ4v) is 3.53. The predicted octanol–water partition coefficient (Wildman–Crippen LogP) is 3.76. The van der Waals surface area contributed by atoms with Crippen molar-refractivity contribution in [2.24, 2.45) is 4.99 Å². The molecule has 9 heteroatoms. The standard InChI is InChI=1S/C22H26N6O2.HI/c1-22(2)14-17(15-8-4-5-10-18(15)29-22)26-21(23-3)25-13-11-19-27-20(30-28-19)16-9-6-7-12-24-16;/h4-10,12,17H,11,13-14H2,1-3H3,(H2,23,25,26);1H. The molecular formula is C22H27IN6O2. The number of nitrogens with one attached hydrogen (secondary N) is 2. The van der Waals surface area contributed by atoms with Crippen molar-refractivity contribution < 1.29 is 9.26 Å². The molecule has 31 heavy (non-hydrogen) atoms. The Bertz CT molecular complexity index is 1020. The van der Waals surface area contributed by atoms with E-state index in [-0.39, 0.29) is 35.6 Å². The minimum Gasteiger partial charge on any atom is -0.487 e. The van der Waals surface area contributed by atoms with Gasteiger partial charge >= 0.3 is 0 Å². The third kappa shape index (κ3) is 5.72. The number of para-hydroxylation sites is 1. The van der Waals surface area contributed by atoms with Crippen LogP contribution in [0.5, 0.6) is 5.75 Å². The zero-order valence-corrected chi connectivity index (χ0v) is 20.2. The summed E-state index contributed by atoms with van der Waals surface area (Å²) in [6.07, 6.45) is 3.14. The van der Waals surface area contributed by atoms with E-state index in [0.717, 1.165) is 23.7 Å². The molecule has 0 fully saturated rings. The van der Waals surface area contributed by atoms with E-state index < -0.39 is 0 Å². The topological polar surface area (TPSA) is 97.5 Å². The zero-order valence-electron chi connectivity index (χ0n) is 17.8. The second kappa shape index (κ2) is 10.1. The number of benzene rings is 1. The highest BCUT2D eigenvalue weighted by Crippen LogP contribution is 2.39. The number of guanidine groups is 1. The molecule has 0 radical (unpaired) electrons. The van der Waals surface area contributed by atoms with Crippen LogP contribution in [-0.4, -0.2) is 40.3 Å². The zero-order chi connectivity index (χ0) is 21.0. The molecule has 0 spiro atoms. The lowest BCUT2D eigenvalue weighted by atomic mass is 9.90. The highest BCUT2D eigenvalue weighted by molar-refractivity contribution is 14.0. The van der Waals surface area contributed by atoms with Crippen LogP contribution in [-0.2, 0) is 6.42 Å². The number of halogens is 1. The number of pyridine rings is 1. The van der Waals surface area contributed by atoms with Gasteiger partial charge in [-0.05, 0) is 32.0 Å². The lowest BCUT2D eigenvalue weighted by Crippen LogP contribution is -2.45. The molecule has 1 aliphatic heterocycles. The average molecular weight is 534 g/mol. The van der Waals surface area contributed by atoms with E-state index in [2.05, 4.69) is 50.7 Å². The SMILES string of the molecule is CN=C(NCCc1noc(-c2ccccn2)n1)NC1CC(C)(C)Oc2ccccc21.I. The number of rotatable bonds is 5. The summed E-state index contributed by atoms with van der Waals surface area (Å²) >= 11 is 0. The second-order valence-corrected chi connectivity index (χ2v) is 7.78. The molecule has 0 bridgehead atoms. The average Bonchev–Trinajstić information content (AvgIpc) is 3.22. The summed E-state index contributed by atoms with van der Waals surface area (Å²) < 4.78 is 11.4. The van der Waals surface area contributed by atoms with Gasteiger partial charge in [0, 0.05) is 38.2 Å². The van der Waals surface area contributed by atoms with Gasteiger partial charge in [0.15, 0.2) is 11.8 Å². The first-order valence-electron chi connectivity index (χ1n) is 10.0. The van der Waals surface area contributed by atoms with E-state index >= 15 is 0 Å². The Morgan fingerprint density at radius 2 is 2.00 bits per heavy atom. The minimum absolute atomic E-state index is 0. The number of hydrogen-bond donors (Lipinski definition) is 2. The fourth-order valence-electron chi connectivity index (χ4n) is 3.53. The van der Waals surface area contributed by atoms with Gasteiger partial charge < -0.3 is 19.9 Å². The van der Waals surface area contributed by atoms with E-state index in [9.17, 15) is 0 Å². The first-order valence-corrected chi connectivity index (χ1v) is 10.0. The molecule has 1 atom stereocenters. The van der Waals surface area contributed by atoms with Crippen molar-refractivity contribution in [3.63, 3.8) is 0 Å². The lowest BCUT2D eigenvalue weighted by molar-refractivity contribution is 0.0694. The number of nitrogens with zero attached hydrogens (tertiary/aromatic N) is 4. The largest absolute Gasteiger partial charge is 0.487 e. The number of hydrogen-bond acceptors (Lipinski definition) is 6. The predicted molar refractivity (Wildman–Crippen MR) is 130 cm³/mol. The van der Waals surface area contributed by atoms with Gasteiger partial charge in [-0.3, -0.25) is 9.98 Å². The molecule has 3 aromatic rings. The van der Waals surface area contributed by atoms with Crippen molar-refractivity contribution in [3.8, 4) is 17.3 Å². The van der Waals surface area contributed by atoms with E-state index in [1.165, 1.54) is 0 Å². The van der Waals surface area contributed by atoms with Crippen LogP contribution in [0.4, 0.5) is 0 Å². The monoisotopic (exact) mass is 534 g/mol. The molecule has 164 valence electrons. The lowest BCUT2D eigenvalue weighted by Gasteiger charge is -2.38. The van der Waals surface area contributed by atoms with Crippen LogP contribution in [0.3, 0.4) is 0 Å². The maximum Gasteiger partial charge on any atom is 0.276 e. The van der Waals surface area contributed by atoms with Gasteiger partial charge in [-0.25, -0.2) is 0 Å². The Morgan fingerprint density at radius 1 is 1.19 bits per heavy atom. The summed E-state index contributed by atoms with van der Waals surface area (Å²) in [6.45, 7) is 4.82. The van der Waals surface area contributed by atoms with Gasteiger partial charge in [-0.15, -0.1) is 24.0 Å². The molecule has 3 heterocycles. The molecule has 0 saturated heterocycles. The van der Waals surface area contributed by atoms with Gasteiger partial charge in [0.25, 0.3) is 5.89 Å². The smallest absolute Gasteiger partial charge is 0.276 e. The number of ether oxygens (including phenoxy) is 1. The number of fused-ring (bicyclic) bond motifs is 1. The van der Waals surface area contributed by atoms with Crippen molar-refractivity contribution in [1.82, 2.24) is 25.8 Å². The van der Waals surface area contributed by atoms with Gasteiger partial charge in [0.05, 0.1) is 6.04 Å². The Kier molecular flexibility index (Phi) is 7.47. The van der Waals surface area contributed by atoms with Crippen molar-refractivity contribution in [1.29, 1.82) is 0 Å². The minimum atomic E-state index is -0.253. The van der Waals surface area contributed by atoms with E-state index in [1.807, 2.05) is 36.4 Å². The normalized spacial score (nSPS) is 17.1. The van der Waals surface area contributed by atoms with Crippen LogP contribution >= 0.6 is 24.0 Å². The summed E-state index contributed by atoms with van der Waals surface area (Å²) in [5.74, 6) is 2.68. The number of aliphatic imine (C=N–C) groups is 1. The molecule has 8 nitrogen and oxygen atoms in total. The summed E-state index contributed by atoms with van der Waals surface area (Å²) in [4.78, 5) is 13.0. The Hall–Kier alpha value is -2.69. The third-order valence-electron chi connectivity index (χ3n) is 4.90. The van der Waals surface area contributed by atoms with E-state index in [4.69, 9.17) is 9.26 Å². The maximum absolute atomic E-state index is 6.11. The fraction of sp³-hybridized carbons (Fsp3) is 0.364. The van der Waals surface area contributed by atoms with Crippen molar-refractivity contribution in [2.45, 2.75) is 38.3 Å². The number of aromatic nitrogens is 3. The Balaban J connectivity index is 0.00000272. The molecular weight excluding hydrogens is 507 g/mol. The second-order valence-electron chi connectivity index (χ2n) is 7.78. The third-order valence-corrected chi connectivity index (χ3v) is 4.90. The van der Waals surface area contributed by atoms with E-state index in [0.29, 0.717) is 30.4 Å². The first-order chi connectivity index (χ1) is 14.5. The first kappa shape index (κ1) is 23.0. The highest BCUT2D eigenvalue weighted by atomic mass is 127. The maximum atomic E-state index is 6.11. The van der Waals surface area contributed by atoms with Crippen molar-refractivity contribution in [3.05, 3.63) is 60.0 Å². The molecule has 1 aliphatic rings. The van der Waals surface area contributed by atoms with Crippen molar-refractivity contribution in [2.75, 3.05) is 13.6 Å². The molecule has 0 aliphatic carbocycles. The summed E-state index contributed by atoms with van der Waals surface area (Å²) in [5.41, 5.74) is 1.55. The Morgan fingerprint density at radius 3 is 2.77 bits per heavy atom. The molecule has 2 N–H and O–H groups in total. The quantitative estimate of drug-likeness (QED) is 0.292. The highest BCUT2D eigenvalue weighted by Gasteiger charge is 2.33. The van der Waals surface area contributed by atoms with Crippen LogP contribution in [0.2, 0.25) is 0 Å². The summed E-state index contributed by atoms with van der Waals surface area (Å²) in [6, 6.07) is 13.8. The van der Waals surface area contributed by atoms with Crippen LogP contribution in [0.25, 0.3) is 11.6 Å². The Labute approximate surface area is 198 Å². The molecule has 1 unspecified atom stereocenters. The molecule has 0 saturated carbocycles. The van der Waals surface area contributed by atoms with Crippen LogP contribution < -0.4 is 15.4 Å².